The van der Waals surface area contributed by atoms with E-state index in [0.29, 0.717) is 5.41 Å². The summed E-state index contributed by atoms with van der Waals surface area (Å²) in [5.41, 5.74) is 1.59. The van der Waals surface area contributed by atoms with Gasteiger partial charge in [0, 0.05) is 31.2 Å². The van der Waals surface area contributed by atoms with E-state index >= 15 is 0 Å². The van der Waals surface area contributed by atoms with Gasteiger partial charge in [-0.2, -0.15) is 0 Å². The molecule has 0 aliphatic heterocycles. The van der Waals surface area contributed by atoms with Gasteiger partial charge in [0.25, 0.3) is 0 Å². The van der Waals surface area contributed by atoms with Gasteiger partial charge in [0.15, 0.2) is 0 Å². The Labute approximate surface area is 105 Å². The van der Waals surface area contributed by atoms with E-state index in [9.17, 15) is 0 Å². The highest BCUT2D eigenvalue weighted by Crippen LogP contribution is 2.24. The van der Waals surface area contributed by atoms with E-state index in [1.807, 2.05) is 19.4 Å². The van der Waals surface area contributed by atoms with Crippen LogP contribution in [-0.2, 0) is 0 Å². The van der Waals surface area contributed by atoms with Gasteiger partial charge in [-0.25, -0.2) is 0 Å². The summed E-state index contributed by atoms with van der Waals surface area (Å²) in [6, 6.07) is 4.16. The Morgan fingerprint density at radius 3 is 2.47 bits per heavy atom. The number of aromatic nitrogens is 1. The summed E-state index contributed by atoms with van der Waals surface area (Å²) >= 11 is 0. The number of hydrogen-bond acceptors (Lipinski definition) is 3. The summed E-state index contributed by atoms with van der Waals surface area (Å²) in [4.78, 5) is 6.49. The molecule has 0 atom stereocenters. The standard InChI is InChI=1S/C14H25N3/c1-5-17(13-6-9-16-10-7-13)12-14(2,3)8-11-15-4/h6-7,9-10,15H,5,8,11-12H2,1-4H3. The molecule has 1 heterocycles. The Kier molecular flexibility index (Phi) is 5.42. The zero-order chi connectivity index (χ0) is 12.7. The molecular formula is C14H25N3. The molecule has 0 bridgehead atoms. The lowest BCUT2D eigenvalue weighted by molar-refractivity contribution is 0.334. The molecule has 1 aromatic heterocycles. The van der Waals surface area contributed by atoms with Crippen LogP contribution in [0.1, 0.15) is 27.2 Å². The summed E-state index contributed by atoms with van der Waals surface area (Å²) in [7, 11) is 2.01. The van der Waals surface area contributed by atoms with E-state index < -0.39 is 0 Å². The lowest BCUT2D eigenvalue weighted by atomic mass is 9.88. The van der Waals surface area contributed by atoms with Gasteiger partial charge in [0.1, 0.15) is 0 Å². The van der Waals surface area contributed by atoms with E-state index in [0.717, 1.165) is 19.6 Å². The van der Waals surface area contributed by atoms with Gasteiger partial charge in [-0.3, -0.25) is 4.98 Å². The number of hydrogen-bond donors (Lipinski definition) is 1. The maximum Gasteiger partial charge on any atom is 0.0397 e. The number of rotatable bonds is 7. The van der Waals surface area contributed by atoms with Crippen LogP contribution in [0.25, 0.3) is 0 Å². The molecule has 0 unspecified atom stereocenters. The van der Waals surface area contributed by atoms with E-state index in [1.165, 1.54) is 12.1 Å². The predicted molar refractivity (Wildman–Crippen MR) is 74.4 cm³/mol. The quantitative estimate of drug-likeness (QED) is 0.787. The van der Waals surface area contributed by atoms with Crippen LogP contribution < -0.4 is 10.2 Å². The molecule has 0 aliphatic rings. The van der Waals surface area contributed by atoms with Crippen LogP contribution in [0.3, 0.4) is 0 Å². The van der Waals surface area contributed by atoms with Crippen LogP contribution in [0.2, 0.25) is 0 Å². The molecule has 0 saturated heterocycles. The monoisotopic (exact) mass is 235 g/mol. The molecule has 17 heavy (non-hydrogen) atoms. The van der Waals surface area contributed by atoms with Crippen molar-refractivity contribution in [1.29, 1.82) is 0 Å². The van der Waals surface area contributed by atoms with Crippen molar-refractivity contribution in [3.05, 3.63) is 24.5 Å². The highest BCUT2D eigenvalue weighted by atomic mass is 15.1. The van der Waals surface area contributed by atoms with Crippen LogP contribution in [-0.4, -0.2) is 31.7 Å². The van der Waals surface area contributed by atoms with Crippen LogP contribution >= 0.6 is 0 Å². The maximum absolute atomic E-state index is 4.07. The Morgan fingerprint density at radius 1 is 1.29 bits per heavy atom. The van der Waals surface area contributed by atoms with Gasteiger partial charge in [-0.1, -0.05) is 13.8 Å². The average molecular weight is 235 g/mol. The summed E-state index contributed by atoms with van der Waals surface area (Å²) in [6.45, 7) is 10.0. The van der Waals surface area contributed by atoms with Crippen molar-refractivity contribution in [2.24, 2.45) is 5.41 Å². The molecule has 0 radical (unpaired) electrons. The molecule has 0 aliphatic carbocycles. The van der Waals surface area contributed by atoms with Gasteiger partial charge in [0.2, 0.25) is 0 Å². The molecule has 0 spiro atoms. The van der Waals surface area contributed by atoms with E-state index in [1.54, 1.807) is 0 Å². The van der Waals surface area contributed by atoms with Crippen LogP contribution in [0, 0.1) is 5.41 Å². The molecule has 96 valence electrons. The fraction of sp³-hybridized carbons (Fsp3) is 0.643. The second-order valence-corrected chi connectivity index (χ2v) is 5.24. The van der Waals surface area contributed by atoms with Gasteiger partial charge in [-0.05, 0) is 44.5 Å². The molecule has 0 saturated carbocycles. The predicted octanol–water partition coefficient (Wildman–Crippen LogP) is 2.54. The third-order valence-electron chi connectivity index (χ3n) is 3.08. The van der Waals surface area contributed by atoms with Crippen LogP contribution in [0.15, 0.2) is 24.5 Å². The molecule has 0 fully saturated rings. The molecule has 1 rings (SSSR count). The number of pyridine rings is 1. The highest BCUT2D eigenvalue weighted by molar-refractivity contribution is 5.44. The molecule has 3 heteroatoms. The SMILES string of the molecule is CCN(CC(C)(C)CCNC)c1ccncc1. The van der Waals surface area contributed by atoms with Gasteiger partial charge in [0.05, 0.1) is 0 Å². The molecular weight excluding hydrogens is 210 g/mol. The first kappa shape index (κ1) is 14.0. The van der Waals surface area contributed by atoms with E-state index in [-0.39, 0.29) is 0 Å². The molecule has 0 amide bonds. The molecule has 1 N–H and O–H groups in total. The van der Waals surface area contributed by atoms with Crippen LogP contribution in [0.4, 0.5) is 5.69 Å². The topological polar surface area (TPSA) is 28.2 Å². The van der Waals surface area contributed by atoms with Crippen molar-refractivity contribution in [3.8, 4) is 0 Å². The van der Waals surface area contributed by atoms with Crippen molar-refractivity contribution in [2.45, 2.75) is 27.2 Å². The van der Waals surface area contributed by atoms with Crippen molar-refractivity contribution in [2.75, 3.05) is 31.6 Å². The molecule has 0 aromatic carbocycles. The van der Waals surface area contributed by atoms with Gasteiger partial charge >= 0.3 is 0 Å². The second-order valence-electron chi connectivity index (χ2n) is 5.24. The highest BCUT2D eigenvalue weighted by Gasteiger charge is 2.20. The first-order valence-electron chi connectivity index (χ1n) is 6.38. The molecule has 1 aromatic rings. The minimum atomic E-state index is 0.322. The Balaban J connectivity index is 2.63. The third kappa shape index (κ3) is 4.73. The summed E-state index contributed by atoms with van der Waals surface area (Å²) in [6.07, 6.45) is 4.91. The molecule has 3 nitrogen and oxygen atoms in total. The van der Waals surface area contributed by atoms with Crippen molar-refractivity contribution in [1.82, 2.24) is 10.3 Å². The first-order chi connectivity index (χ1) is 8.09. The minimum Gasteiger partial charge on any atom is -0.371 e. The van der Waals surface area contributed by atoms with E-state index in [2.05, 4.69) is 48.1 Å². The fourth-order valence-electron chi connectivity index (χ4n) is 2.00. The zero-order valence-corrected chi connectivity index (χ0v) is 11.5. The maximum atomic E-state index is 4.07. The van der Waals surface area contributed by atoms with Gasteiger partial charge < -0.3 is 10.2 Å². The fourth-order valence-corrected chi connectivity index (χ4v) is 2.00. The largest absolute Gasteiger partial charge is 0.371 e. The smallest absolute Gasteiger partial charge is 0.0397 e. The normalized spacial score (nSPS) is 11.5. The Morgan fingerprint density at radius 2 is 1.94 bits per heavy atom. The summed E-state index contributed by atoms with van der Waals surface area (Å²) < 4.78 is 0. The average Bonchev–Trinajstić information content (AvgIpc) is 2.35. The first-order valence-corrected chi connectivity index (χ1v) is 6.38. The summed E-state index contributed by atoms with van der Waals surface area (Å²) in [5, 5.41) is 3.23. The number of anilines is 1. The zero-order valence-electron chi connectivity index (χ0n) is 11.5. The Bertz CT molecular complexity index is 309. The van der Waals surface area contributed by atoms with Crippen molar-refractivity contribution in [3.63, 3.8) is 0 Å². The van der Waals surface area contributed by atoms with Crippen LogP contribution in [0.5, 0.6) is 0 Å². The Hall–Kier alpha value is -1.09. The third-order valence-corrected chi connectivity index (χ3v) is 3.08. The van der Waals surface area contributed by atoms with Crippen molar-refractivity contribution < 1.29 is 0 Å². The lowest BCUT2D eigenvalue weighted by Crippen LogP contribution is -2.35. The minimum absolute atomic E-state index is 0.322. The van der Waals surface area contributed by atoms with Crippen molar-refractivity contribution >= 4 is 5.69 Å². The lowest BCUT2D eigenvalue weighted by Gasteiger charge is -2.33. The van der Waals surface area contributed by atoms with E-state index in [4.69, 9.17) is 0 Å². The number of nitrogens with one attached hydrogen (secondary N) is 1. The summed E-state index contributed by atoms with van der Waals surface area (Å²) in [5.74, 6) is 0. The number of nitrogens with zero attached hydrogens (tertiary/aromatic N) is 2. The van der Waals surface area contributed by atoms with Gasteiger partial charge in [-0.15, -0.1) is 0 Å². The second kappa shape index (κ2) is 6.60.